The van der Waals surface area contributed by atoms with Crippen LogP contribution in [0.3, 0.4) is 0 Å². The lowest BCUT2D eigenvalue weighted by Crippen LogP contribution is -2.56. The zero-order chi connectivity index (χ0) is 30.5. The van der Waals surface area contributed by atoms with Crippen molar-refractivity contribution in [3.63, 3.8) is 0 Å². The fourth-order valence-electron chi connectivity index (χ4n) is 5.54. The molecule has 1 aromatic heterocycles. The average Bonchev–Trinajstić information content (AvgIpc) is 3.51. The predicted octanol–water partition coefficient (Wildman–Crippen LogP) is 3.50. The van der Waals surface area contributed by atoms with Gasteiger partial charge in [-0.25, -0.2) is 4.98 Å². The SMILES string of the molecule is CCc1n[nH]c(CN2CC[C@H]3Oc4ccc(cc4)CNC(=O)COc4cccc(c4)-c4cc(ccc4OC)C(=O)N[C@@H]3C2)n1. The van der Waals surface area contributed by atoms with E-state index in [9.17, 15) is 9.59 Å². The molecule has 1 fully saturated rings. The molecule has 4 aromatic rings. The number of nitrogens with zero attached hydrogens (tertiary/aromatic N) is 3. The number of aromatic amines is 1. The molecular formula is C33H36N6O5. The fraction of sp³-hybridized carbons (Fsp3) is 0.333. The van der Waals surface area contributed by atoms with Gasteiger partial charge in [-0.3, -0.25) is 19.6 Å². The number of carbonyl (C=O) groups excluding carboxylic acids is 2. The average molecular weight is 597 g/mol. The Morgan fingerprint density at radius 3 is 2.68 bits per heavy atom. The molecule has 2 amide bonds. The first kappa shape index (κ1) is 29.2. The molecule has 4 heterocycles. The molecular weight excluding hydrogens is 560 g/mol. The van der Waals surface area contributed by atoms with Gasteiger partial charge in [0.05, 0.1) is 19.7 Å². The van der Waals surface area contributed by atoms with Gasteiger partial charge < -0.3 is 24.8 Å². The van der Waals surface area contributed by atoms with Gasteiger partial charge in [0.2, 0.25) is 0 Å². The summed E-state index contributed by atoms with van der Waals surface area (Å²) in [7, 11) is 1.59. The zero-order valence-corrected chi connectivity index (χ0v) is 24.8. The van der Waals surface area contributed by atoms with E-state index in [1.54, 1.807) is 25.3 Å². The van der Waals surface area contributed by atoms with Crippen LogP contribution in [0, 0.1) is 0 Å². The Labute approximate surface area is 255 Å². The number of nitrogens with one attached hydrogen (secondary N) is 3. The van der Waals surface area contributed by atoms with E-state index in [0.29, 0.717) is 48.9 Å². The van der Waals surface area contributed by atoms with Crippen molar-refractivity contribution in [2.75, 3.05) is 26.8 Å². The molecule has 0 aliphatic carbocycles. The molecule has 3 aliphatic rings. The lowest BCUT2D eigenvalue weighted by Gasteiger charge is -2.38. The van der Waals surface area contributed by atoms with E-state index < -0.39 is 0 Å². The van der Waals surface area contributed by atoms with Crippen molar-refractivity contribution in [2.45, 2.75) is 45.0 Å². The number of hydrogen-bond donors (Lipinski definition) is 3. The normalized spacial score (nSPS) is 19.1. The molecule has 0 unspecified atom stereocenters. The Bertz CT molecular complexity index is 1620. The number of carbonyl (C=O) groups is 2. The number of amides is 2. The third-order valence-electron chi connectivity index (χ3n) is 7.89. The lowest BCUT2D eigenvalue weighted by atomic mass is 9.99. The minimum Gasteiger partial charge on any atom is -0.496 e. The molecule has 228 valence electrons. The number of benzene rings is 3. The first-order valence-electron chi connectivity index (χ1n) is 14.8. The number of rotatable bonds is 4. The topological polar surface area (TPSA) is 131 Å². The van der Waals surface area contributed by atoms with Gasteiger partial charge in [0.25, 0.3) is 11.8 Å². The predicted molar refractivity (Wildman–Crippen MR) is 164 cm³/mol. The highest BCUT2D eigenvalue weighted by Crippen LogP contribution is 2.33. The first-order valence-corrected chi connectivity index (χ1v) is 14.8. The molecule has 2 atom stereocenters. The second-order valence-electron chi connectivity index (χ2n) is 11.0. The second-order valence-corrected chi connectivity index (χ2v) is 11.0. The Balaban J connectivity index is 1.31. The van der Waals surface area contributed by atoms with Crippen molar-refractivity contribution in [1.29, 1.82) is 0 Å². The standard InChI is InChI=1S/C33H36N6O5/c1-3-30-36-31(38-37-30)19-39-14-13-29-27(18-39)35-33(41)23-9-12-28(42-2)26(16-23)22-5-4-6-25(15-22)43-20-32(40)34-17-21-7-10-24(44-29)11-8-21/h4-12,15-16,27,29H,3,13-14,17-20H2,1-2H3,(H,34,40)(H,35,41)(H,36,37,38)/t27-,29-/m1/s1. The highest BCUT2D eigenvalue weighted by molar-refractivity contribution is 5.96. The monoisotopic (exact) mass is 596 g/mol. The number of H-pyrrole nitrogens is 1. The Morgan fingerprint density at radius 2 is 1.89 bits per heavy atom. The summed E-state index contributed by atoms with van der Waals surface area (Å²) in [6.45, 7) is 4.20. The molecule has 11 nitrogen and oxygen atoms in total. The van der Waals surface area contributed by atoms with E-state index in [4.69, 9.17) is 14.2 Å². The summed E-state index contributed by atoms with van der Waals surface area (Å²) in [6.07, 6.45) is 1.22. The summed E-state index contributed by atoms with van der Waals surface area (Å²) in [5, 5.41) is 13.5. The van der Waals surface area contributed by atoms with Gasteiger partial charge in [-0.15, -0.1) is 0 Å². The summed E-state index contributed by atoms with van der Waals surface area (Å²) >= 11 is 0. The smallest absolute Gasteiger partial charge is 0.258 e. The third-order valence-corrected chi connectivity index (χ3v) is 7.89. The van der Waals surface area contributed by atoms with Crippen molar-refractivity contribution >= 4 is 11.8 Å². The van der Waals surface area contributed by atoms with Crippen molar-refractivity contribution in [2.24, 2.45) is 0 Å². The van der Waals surface area contributed by atoms with Crippen molar-refractivity contribution in [3.05, 3.63) is 89.5 Å². The quantitative estimate of drug-likeness (QED) is 0.326. The Hall–Kier alpha value is -4.90. The van der Waals surface area contributed by atoms with E-state index in [-0.39, 0.29) is 30.6 Å². The molecule has 7 rings (SSSR count). The number of piperidine rings is 1. The number of likely N-dealkylation sites (tertiary alicyclic amines) is 1. The minimum atomic E-state index is -0.295. The molecule has 0 spiro atoms. The Morgan fingerprint density at radius 1 is 1.02 bits per heavy atom. The van der Waals surface area contributed by atoms with Gasteiger partial charge in [0, 0.05) is 37.2 Å². The van der Waals surface area contributed by atoms with Gasteiger partial charge in [-0.2, -0.15) is 5.10 Å². The summed E-state index contributed by atoms with van der Waals surface area (Å²) in [5.74, 6) is 2.99. The van der Waals surface area contributed by atoms with Crippen LogP contribution < -0.4 is 24.8 Å². The molecule has 3 aliphatic heterocycles. The largest absolute Gasteiger partial charge is 0.496 e. The van der Waals surface area contributed by atoms with Crippen LogP contribution in [0.5, 0.6) is 17.2 Å². The Kier molecular flexibility index (Phi) is 8.74. The highest BCUT2D eigenvalue weighted by Gasteiger charge is 2.33. The summed E-state index contributed by atoms with van der Waals surface area (Å²) in [4.78, 5) is 33.1. The molecule has 6 bridgehead atoms. The molecule has 0 saturated carbocycles. The van der Waals surface area contributed by atoms with Gasteiger partial charge in [0.1, 0.15) is 35.0 Å². The van der Waals surface area contributed by atoms with Crippen LogP contribution in [0.2, 0.25) is 0 Å². The third kappa shape index (κ3) is 6.84. The number of aryl methyl sites for hydroxylation is 1. The maximum absolute atomic E-state index is 13.8. The van der Waals surface area contributed by atoms with E-state index in [1.807, 2.05) is 55.5 Å². The summed E-state index contributed by atoms with van der Waals surface area (Å²) in [6, 6.07) is 20.1. The van der Waals surface area contributed by atoms with Gasteiger partial charge >= 0.3 is 0 Å². The summed E-state index contributed by atoms with van der Waals surface area (Å²) < 4.78 is 17.9. The molecule has 1 saturated heterocycles. The van der Waals surface area contributed by atoms with Crippen molar-refractivity contribution in [3.8, 4) is 28.4 Å². The minimum absolute atomic E-state index is 0.124. The van der Waals surface area contributed by atoms with Crippen LogP contribution in [-0.4, -0.2) is 70.8 Å². The van der Waals surface area contributed by atoms with Crippen LogP contribution in [0.1, 0.15) is 40.9 Å². The lowest BCUT2D eigenvalue weighted by molar-refractivity contribution is -0.123. The van der Waals surface area contributed by atoms with Crippen LogP contribution in [0.4, 0.5) is 0 Å². The van der Waals surface area contributed by atoms with E-state index in [1.165, 1.54) is 0 Å². The van der Waals surface area contributed by atoms with Crippen LogP contribution in [0.15, 0.2) is 66.7 Å². The molecule has 0 radical (unpaired) electrons. The number of fused-ring (bicyclic) bond motifs is 7. The van der Waals surface area contributed by atoms with E-state index >= 15 is 0 Å². The van der Waals surface area contributed by atoms with Gasteiger partial charge in [-0.1, -0.05) is 31.2 Å². The van der Waals surface area contributed by atoms with Crippen LogP contribution in [0.25, 0.3) is 11.1 Å². The highest BCUT2D eigenvalue weighted by atomic mass is 16.5. The maximum Gasteiger partial charge on any atom is 0.258 e. The van der Waals surface area contributed by atoms with E-state index in [0.717, 1.165) is 41.3 Å². The number of ether oxygens (including phenoxy) is 3. The molecule has 44 heavy (non-hydrogen) atoms. The van der Waals surface area contributed by atoms with Crippen LogP contribution in [-0.2, 0) is 24.3 Å². The molecule has 3 aromatic carbocycles. The van der Waals surface area contributed by atoms with E-state index in [2.05, 4.69) is 30.7 Å². The van der Waals surface area contributed by atoms with Crippen molar-refractivity contribution < 1.29 is 23.8 Å². The molecule has 3 N–H and O–H groups in total. The first-order chi connectivity index (χ1) is 21.5. The number of aromatic nitrogens is 3. The summed E-state index contributed by atoms with van der Waals surface area (Å²) in [5.41, 5.74) is 2.96. The van der Waals surface area contributed by atoms with Crippen molar-refractivity contribution in [1.82, 2.24) is 30.7 Å². The number of methoxy groups -OCH3 is 1. The fourth-order valence-corrected chi connectivity index (χ4v) is 5.54. The molecule has 11 heteroatoms. The van der Waals surface area contributed by atoms with Gasteiger partial charge in [0.15, 0.2) is 6.61 Å². The maximum atomic E-state index is 13.8. The number of hydrogen-bond acceptors (Lipinski definition) is 8. The van der Waals surface area contributed by atoms with Crippen LogP contribution >= 0.6 is 0 Å². The second kappa shape index (κ2) is 13.2. The van der Waals surface area contributed by atoms with Gasteiger partial charge in [-0.05, 0) is 60.0 Å². The zero-order valence-electron chi connectivity index (χ0n) is 24.8.